The summed E-state index contributed by atoms with van der Waals surface area (Å²) < 4.78 is 5.15. The fraction of sp³-hybridized carbons (Fsp3) is 0.412. The number of benzene rings is 1. The van der Waals surface area contributed by atoms with Gasteiger partial charge in [0, 0.05) is 31.6 Å². The van der Waals surface area contributed by atoms with E-state index in [1.54, 1.807) is 19.2 Å². The number of nitrogens with one attached hydrogen (secondary N) is 1. The third kappa shape index (κ3) is 4.10. The highest BCUT2D eigenvalue weighted by Gasteiger charge is 2.15. The number of hydrogen-bond donors (Lipinski definition) is 1. The van der Waals surface area contributed by atoms with E-state index in [1.165, 1.54) is 11.0 Å². The van der Waals surface area contributed by atoms with Crippen LogP contribution >= 0.6 is 0 Å². The van der Waals surface area contributed by atoms with Crippen molar-refractivity contribution < 1.29 is 9.21 Å². The van der Waals surface area contributed by atoms with Crippen LogP contribution < -0.4 is 15.8 Å². The Bertz CT molecular complexity index is 722. The Balaban J connectivity index is 2.12. The van der Waals surface area contributed by atoms with Crippen molar-refractivity contribution in [2.24, 2.45) is 0 Å². The van der Waals surface area contributed by atoms with E-state index in [0.717, 1.165) is 25.0 Å². The third-order valence-corrected chi connectivity index (χ3v) is 3.89. The second kappa shape index (κ2) is 7.78. The Morgan fingerprint density at radius 1 is 1.22 bits per heavy atom. The van der Waals surface area contributed by atoms with Gasteiger partial charge in [0.2, 0.25) is 0 Å². The van der Waals surface area contributed by atoms with Crippen molar-refractivity contribution in [3.05, 3.63) is 40.8 Å². The van der Waals surface area contributed by atoms with E-state index in [1.807, 2.05) is 12.1 Å². The van der Waals surface area contributed by atoms with Crippen molar-refractivity contribution >= 4 is 22.7 Å². The summed E-state index contributed by atoms with van der Waals surface area (Å²) in [5, 5.41) is 3.61. The number of amides is 2. The van der Waals surface area contributed by atoms with E-state index in [2.05, 4.69) is 24.1 Å². The van der Waals surface area contributed by atoms with Crippen LogP contribution in [0.25, 0.3) is 11.0 Å². The molecule has 0 bridgehead atoms. The zero-order valence-corrected chi connectivity index (χ0v) is 13.8. The van der Waals surface area contributed by atoms with Crippen LogP contribution in [0.3, 0.4) is 0 Å². The predicted molar refractivity (Wildman–Crippen MR) is 92.1 cm³/mol. The first-order valence-corrected chi connectivity index (χ1v) is 7.83. The Hall–Kier alpha value is -2.34. The highest BCUT2D eigenvalue weighted by molar-refractivity contribution is 6.00. The van der Waals surface area contributed by atoms with Gasteiger partial charge in [-0.05, 0) is 25.2 Å². The molecule has 6 nitrogen and oxygen atoms in total. The van der Waals surface area contributed by atoms with Crippen LogP contribution in [0.2, 0.25) is 0 Å². The molecule has 6 heteroatoms. The normalized spacial score (nSPS) is 11.0. The van der Waals surface area contributed by atoms with Crippen LogP contribution in [-0.2, 0) is 0 Å². The summed E-state index contributed by atoms with van der Waals surface area (Å²) in [6, 6.07) is 8.27. The van der Waals surface area contributed by atoms with Crippen LogP contribution in [-0.4, -0.2) is 44.2 Å². The minimum absolute atomic E-state index is 0.243. The summed E-state index contributed by atoms with van der Waals surface area (Å²) >= 11 is 0. The quantitative estimate of drug-likeness (QED) is 0.830. The highest BCUT2D eigenvalue weighted by atomic mass is 16.4. The Labute approximate surface area is 135 Å². The first-order chi connectivity index (χ1) is 11.1. The molecule has 2 rings (SSSR count). The van der Waals surface area contributed by atoms with Crippen molar-refractivity contribution in [3.63, 3.8) is 0 Å². The Kier molecular flexibility index (Phi) is 5.76. The van der Waals surface area contributed by atoms with Crippen molar-refractivity contribution in [2.75, 3.05) is 38.1 Å². The molecule has 0 aliphatic rings. The maximum absolute atomic E-state index is 12.3. The average molecular weight is 317 g/mol. The first-order valence-electron chi connectivity index (χ1n) is 7.83. The number of likely N-dealkylation sites (N-methyl/N-ethyl adjacent to an activating group) is 1. The van der Waals surface area contributed by atoms with Gasteiger partial charge in [0.05, 0.1) is 5.69 Å². The van der Waals surface area contributed by atoms with E-state index in [-0.39, 0.29) is 6.03 Å². The lowest BCUT2D eigenvalue weighted by molar-refractivity contribution is 0.243. The molecule has 124 valence electrons. The lowest BCUT2D eigenvalue weighted by Crippen LogP contribution is -2.41. The number of carbonyl (C=O) groups is 1. The Morgan fingerprint density at radius 3 is 2.61 bits per heavy atom. The number of carbonyl (C=O) groups excluding carboxylic acids is 1. The highest BCUT2D eigenvalue weighted by Crippen LogP contribution is 2.23. The van der Waals surface area contributed by atoms with E-state index in [4.69, 9.17) is 4.42 Å². The van der Waals surface area contributed by atoms with Gasteiger partial charge < -0.3 is 14.6 Å². The molecular weight excluding hydrogens is 294 g/mol. The number of hydrogen-bond acceptors (Lipinski definition) is 4. The minimum atomic E-state index is -0.471. The summed E-state index contributed by atoms with van der Waals surface area (Å²) in [5.74, 6) is 0. The molecule has 1 N–H and O–H groups in total. The van der Waals surface area contributed by atoms with Gasteiger partial charge in [-0.15, -0.1) is 0 Å². The SMILES string of the molecule is CCN(CC)CCNC(=O)N(C)c1cc(=O)oc2ccccc12. The van der Waals surface area contributed by atoms with Crippen LogP contribution in [0.15, 0.2) is 39.5 Å². The third-order valence-electron chi connectivity index (χ3n) is 3.89. The van der Waals surface area contributed by atoms with Gasteiger partial charge >= 0.3 is 11.7 Å². The molecule has 23 heavy (non-hydrogen) atoms. The summed E-state index contributed by atoms with van der Waals surface area (Å²) in [6.45, 7) is 7.44. The van der Waals surface area contributed by atoms with Gasteiger partial charge in [-0.1, -0.05) is 26.0 Å². The first kappa shape index (κ1) is 17.0. The molecule has 1 aromatic heterocycles. The summed E-state index contributed by atoms with van der Waals surface area (Å²) in [4.78, 5) is 27.7. The van der Waals surface area contributed by atoms with Gasteiger partial charge in [0.15, 0.2) is 0 Å². The van der Waals surface area contributed by atoms with Crippen LogP contribution in [0.4, 0.5) is 10.5 Å². The zero-order chi connectivity index (χ0) is 16.8. The van der Waals surface area contributed by atoms with Crippen molar-refractivity contribution in [3.8, 4) is 0 Å². The minimum Gasteiger partial charge on any atom is -0.423 e. The molecule has 1 aromatic carbocycles. The van der Waals surface area contributed by atoms with E-state index in [0.29, 0.717) is 17.8 Å². The molecule has 0 saturated carbocycles. The molecular formula is C17H23N3O3. The van der Waals surface area contributed by atoms with Crippen molar-refractivity contribution in [1.29, 1.82) is 0 Å². The number of nitrogens with zero attached hydrogens (tertiary/aromatic N) is 2. The fourth-order valence-electron chi connectivity index (χ4n) is 2.46. The molecule has 0 fully saturated rings. The van der Waals surface area contributed by atoms with E-state index >= 15 is 0 Å². The largest absolute Gasteiger partial charge is 0.423 e. The molecule has 1 heterocycles. The van der Waals surface area contributed by atoms with Gasteiger partial charge in [0.1, 0.15) is 5.58 Å². The fourth-order valence-corrected chi connectivity index (χ4v) is 2.46. The monoisotopic (exact) mass is 317 g/mol. The molecule has 0 aliphatic carbocycles. The maximum Gasteiger partial charge on any atom is 0.338 e. The summed E-state index contributed by atoms with van der Waals surface area (Å²) in [7, 11) is 1.65. The van der Waals surface area contributed by atoms with Crippen molar-refractivity contribution in [1.82, 2.24) is 10.2 Å². The number of anilines is 1. The van der Waals surface area contributed by atoms with Crippen LogP contribution in [0.5, 0.6) is 0 Å². The molecule has 0 spiro atoms. The summed E-state index contributed by atoms with van der Waals surface area (Å²) in [5.41, 5.74) is 0.538. The predicted octanol–water partition coefficient (Wildman–Crippen LogP) is 2.28. The lowest BCUT2D eigenvalue weighted by atomic mass is 10.2. The van der Waals surface area contributed by atoms with Crippen LogP contribution in [0.1, 0.15) is 13.8 Å². The molecule has 2 amide bonds. The molecule has 0 atom stereocenters. The lowest BCUT2D eigenvalue weighted by Gasteiger charge is -2.21. The topological polar surface area (TPSA) is 65.8 Å². The number of fused-ring (bicyclic) bond motifs is 1. The van der Waals surface area contributed by atoms with Gasteiger partial charge in [-0.2, -0.15) is 0 Å². The van der Waals surface area contributed by atoms with Gasteiger partial charge in [0.25, 0.3) is 0 Å². The molecule has 2 aromatic rings. The zero-order valence-electron chi connectivity index (χ0n) is 13.8. The number of para-hydroxylation sites is 1. The van der Waals surface area contributed by atoms with Gasteiger partial charge in [-0.3, -0.25) is 4.90 Å². The molecule has 0 aliphatic heterocycles. The Morgan fingerprint density at radius 2 is 1.91 bits per heavy atom. The molecule has 0 saturated heterocycles. The second-order valence-electron chi connectivity index (χ2n) is 5.26. The second-order valence-corrected chi connectivity index (χ2v) is 5.26. The van der Waals surface area contributed by atoms with E-state index in [9.17, 15) is 9.59 Å². The van der Waals surface area contributed by atoms with Crippen molar-refractivity contribution in [2.45, 2.75) is 13.8 Å². The smallest absolute Gasteiger partial charge is 0.338 e. The average Bonchev–Trinajstić information content (AvgIpc) is 2.57. The maximum atomic E-state index is 12.3. The molecule has 0 unspecified atom stereocenters. The van der Waals surface area contributed by atoms with E-state index < -0.39 is 5.63 Å². The van der Waals surface area contributed by atoms with Gasteiger partial charge in [-0.25, -0.2) is 9.59 Å². The summed E-state index contributed by atoms with van der Waals surface area (Å²) in [6.07, 6.45) is 0. The number of urea groups is 1. The molecule has 0 radical (unpaired) electrons. The number of rotatable bonds is 6. The standard InChI is InChI=1S/C17H23N3O3/c1-4-20(5-2)11-10-18-17(22)19(3)14-12-16(21)23-15-9-7-6-8-13(14)15/h6-9,12H,4-5,10-11H2,1-3H3,(H,18,22). The van der Waals surface area contributed by atoms with Crippen LogP contribution in [0, 0.1) is 0 Å².